The number of rotatable bonds is 11. The van der Waals surface area contributed by atoms with Crippen molar-refractivity contribution in [3.8, 4) is 5.75 Å². The maximum atomic E-state index is 13.9. The number of hydrogen-bond donors (Lipinski definition) is 3. The quantitative estimate of drug-likeness (QED) is 0.176. The highest BCUT2D eigenvalue weighted by Crippen LogP contribution is 2.47. The predicted octanol–water partition coefficient (Wildman–Crippen LogP) is 2.78. The third-order valence-electron chi connectivity index (χ3n) is 5.82. The van der Waals surface area contributed by atoms with Crippen molar-refractivity contribution in [3.63, 3.8) is 0 Å². The largest absolute Gasteiger partial charge is 0.513 e. The zero-order valence-electron chi connectivity index (χ0n) is 21.2. The van der Waals surface area contributed by atoms with E-state index in [-0.39, 0.29) is 18.1 Å². The number of aliphatic hydroxyl groups excluding tert-OH is 1. The van der Waals surface area contributed by atoms with Crippen LogP contribution < -0.4 is 20.9 Å². The van der Waals surface area contributed by atoms with Gasteiger partial charge in [0.2, 0.25) is 6.23 Å². The fourth-order valence-corrected chi connectivity index (χ4v) is 5.14. The number of ether oxygens (including phenoxy) is 2. The molecule has 0 amide bonds. The molecule has 5 unspecified atom stereocenters. The second kappa shape index (κ2) is 12.8. The molecule has 0 saturated carbocycles. The Morgan fingerprint density at radius 2 is 1.85 bits per heavy atom. The summed E-state index contributed by atoms with van der Waals surface area (Å²) in [6.45, 7) is 0.254. The Hall–Kier alpha value is -4.19. The standard InChI is InChI=1S/C26H27FN3O9P/c1-17(25(33)36-15-18-8-4-2-5-9-18)29-40(35,39-19-10-6-3-7-11-19)37-16-21-20(14-27)23(32)24(38-21)30-13-12-22(31)28-26(30)34/h2-13,16-17,20,23-24,32H,14-15H2,1H3,(H,29,35)(H,28,31,34). The van der Waals surface area contributed by atoms with E-state index in [1.807, 2.05) is 11.1 Å². The summed E-state index contributed by atoms with van der Waals surface area (Å²) in [5.41, 5.74) is -0.812. The van der Waals surface area contributed by atoms with Gasteiger partial charge in [-0.15, -0.1) is 0 Å². The average Bonchev–Trinajstić information content (AvgIpc) is 3.26. The molecule has 1 saturated heterocycles. The summed E-state index contributed by atoms with van der Waals surface area (Å²) >= 11 is 0. The van der Waals surface area contributed by atoms with Crippen molar-refractivity contribution < 1.29 is 37.4 Å². The number of hydrogen-bond acceptors (Lipinski definition) is 9. The fraction of sp³-hybridized carbons (Fsp3) is 0.269. The predicted molar refractivity (Wildman–Crippen MR) is 140 cm³/mol. The Kier molecular flexibility index (Phi) is 9.20. The van der Waals surface area contributed by atoms with Crippen LogP contribution in [0.1, 0.15) is 18.7 Å². The minimum Gasteiger partial charge on any atom is -0.468 e. The van der Waals surface area contributed by atoms with Gasteiger partial charge in [0.05, 0.1) is 5.92 Å². The van der Waals surface area contributed by atoms with E-state index in [2.05, 4.69) is 5.09 Å². The number of carbonyl (C=O) groups is 1. The van der Waals surface area contributed by atoms with Crippen molar-refractivity contribution in [2.45, 2.75) is 31.9 Å². The molecule has 14 heteroatoms. The van der Waals surface area contributed by atoms with Gasteiger partial charge in [-0.25, -0.2) is 9.36 Å². The molecule has 3 aromatic rings. The Balaban J connectivity index is 1.53. The highest BCUT2D eigenvalue weighted by molar-refractivity contribution is 7.52. The van der Waals surface area contributed by atoms with Gasteiger partial charge in [0.25, 0.3) is 5.56 Å². The molecule has 3 N–H and O–H groups in total. The first kappa shape index (κ1) is 28.8. The summed E-state index contributed by atoms with van der Waals surface area (Å²) in [5, 5.41) is 13.1. The summed E-state index contributed by atoms with van der Waals surface area (Å²) in [6, 6.07) is 16.8. The number of benzene rings is 2. The molecule has 1 fully saturated rings. The monoisotopic (exact) mass is 575 g/mol. The zero-order valence-corrected chi connectivity index (χ0v) is 22.1. The van der Waals surface area contributed by atoms with Crippen molar-refractivity contribution >= 4 is 13.7 Å². The molecule has 1 aliphatic rings. The summed E-state index contributed by atoms with van der Waals surface area (Å²) in [7, 11) is -4.39. The first-order chi connectivity index (χ1) is 19.2. The Labute approximate surface area is 227 Å². The van der Waals surface area contributed by atoms with E-state index in [0.29, 0.717) is 0 Å². The highest BCUT2D eigenvalue weighted by Gasteiger charge is 2.43. The van der Waals surface area contributed by atoms with Gasteiger partial charge >= 0.3 is 19.4 Å². The van der Waals surface area contributed by atoms with Gasteiger partial charge in [-0.3, -0.25) is 23.5 Å². The molecule has 0 bridgehead atoms. The molecule has 0 radical (unpaired) electrons. The SMILES string of the molecule is CC(NP(=O)(OC=C1OC(n2ccc(=O)[nH]c2=O)C(O)C1CF)Oc1ccccc1)C(=O)OCc1ccccc1. The van der Waals surface area contributed by atoms with Crippen LogP contribution in [0.2, 0.25) is 0 Å². The number of aromatic amines is 1. The van der Waals surface area contributed by atoms with E-state index in [1.54, 1.807) is 42.5 Å². The molecule has 4 rings (SSSR count). The lowest BCUT2D eigenvalue weighted by Crippen LogP contribution is -2.36. The molecular weight excluding hydrogens is 548 g/mol. The van der Waals surface area contributed by atoms with E-state index in [0.717, 1.165) is 28.7 Å². The Bertz CT molecular complexity index is 1500. The van der Waals surface area contributed by atoms with Gasteiger partial charge in [0.15, 0.2) is 0 Å². The average molecular weight is 575 g/mol. The number of aliphatic hydroxyl groups is 1. The van der Waals surface area contributed by atoms with Crippen LogP contribution in [0.4, 0.5) is 4.39 Å². The smallest absolute Gasteiger partial charge is 0.468 e. The highest BCUT2D eigenvalue weighted by atomic mass is 31.2. The number of para-hydroxylation sites is 1. The normalized spacial score (nSPS) is 21.7. The van der Waals surface area contributed by atoms with Crippen molar-refractivity contribution in [1.29, 1.82) is 0 Å². The van der Waals surface area contributed by atoms with Crippen molar-refractivity contribution in [3.05, 3.63) is 111 Å². The molecule has 1 aromatic heterocycles. The van der Waals surface area contributed by atoms with Crippen molar-refractivity contribution in [2.75, 3.05) is 6.67 Å². The van der Waals surface area contributed by atoms with E-state index in [9.17, 15) is 28.4 Å². The number of H-pyrrole nitrogens is 1. The number of carbonyl (C=O) groups excluding carboxylic acids is 1. The fourth-order valence-electron chi connectivity index (χ4n) is 3.76. The van der Waals surface area contributed by atoms with Gasteiger partial charge in [0, 0.05) is 12.3 Å². The Morgan fingerprint density at radius 3 is 2.50 bits per heavy atom. The number of halogens is 1. The molecule has 0 aliphatic carbocycles. The number of aromatic nitrogens is 2. The minimum atomic E-state index is -4.39. The lowest BCUT2D eigenvalue weighted by Gasteiger charge is -2.22. The van der Waals surface area contributed by atoms with Gasteiger partial charge in [-0.05, 0) is 24.6 Å². The third kappa shape index (κ3) is 7.06. The number of nitrogens with zero attached hydrogens (tertiary/aromatic N) is 1. The van der Waals surface area contributed by atoms with Crippen LogP contribution in [-0.2, 0) is 30.0 Å². The van der Waals surface area contributed by atoms with Crippen molar-refractivity contribution in [1.82, 2.24) is 14.6 Å². The summed E-state index contributed by atoms with van der Waals surface area (Å²) in [6.07, 6.45) is -1.09. The van der Waals surface area contributed by atoms with E-state index in [4.69, 9.17) is 18.5 Å². The second-order valence-corrected chi connectivity index (χ2v) is 10.4. The van der Waals surface area contributed by atoms with Gasteiger partial charge in [-0.2, -0.15) is 5.09 Å². The summed E-state index contributed by atoms with van der Waals surface area (Å²) in [5.74, 6) is -2.20. The van der Waals surface area contributed by atoms with Crippen molar-refractivity contribution in [2.24, 2.45) is 5.92 Å². The lowest BCUT2D eigenvalue weighted by atomic mass is 10.0. The van der Waals surface area contributed by atoms with Gasteiger partial charge < -0.3 is 23.6 Å². The maximum absolute atomic E-state index is 13.9. The van der Waals surface area contributed by atoms with Crippen LogP contribution in [0.5, 0.6) is 5.75 Å². The molecule has 12 nitrogen and oxygen atoms in total. The van der Waals surface area contributed by atoms with E-state index >= 15 is 0 Å². The zero-order chi connectivity index (χ0) is 28.7. The molecule has 5 atom stereocenters. The number of nitrogens with one attached hydrogen (secondary N) is 2. The van der Waals surface area contributed by atoms with Crippen LogP contribution >= 0.6 is 7.75 Å². The minimum absolute atomic E-state index is 0.0180. The first-order valence-electron chi connectivity index (χ1n) is 12.1. The summed E-state index contributed by atoms with van der Waals surface area (Å²) in [4.78, 5) is 38.2. The van der Waals surface area contributed by atoms with Gasteiger partial charge in [-0.1, -0.05) is 48.5 Å². The first-order valence-corrected chi connectivity index (χ1v) is 13.7. The summed E-state index contributed by atoms with van der Waals surface area (Å²) < 4.78 is 50.3. The molecule has 1 aliphatic heterocycles. The van der Waals surface area contributed by atoms with Crippen LogP contribution in [-0.4, -0.2) is 39.4 Å². The second-order valence-electron chi connectivity index (χ2n) is 8.75. The maximum Gasteiger partial charge on any atom is 0.513 e. The molecule has 2 aromatic carbocycles. The molecular formula is C26H27FN3O9P. The molecule has 0 spiro atoms. The van der Waals surface area contributed by atoms with Crippen LogP contribution in [0.15, 0.2) is 94.5 Å². The number of esters is 1. The molecule has 212 valence electrons. The van der Waals surface area contributed by atoms with E-state index < -0.39 is 55.9 Å². The molecule has 2 heterocycles. The topological polar surface area (TPSA) is 158 Å². The van der Waals surface area contributed by atoms with E-state index in [1.165, 1.54) is 19.1 Å². The molecule has 40 heavy (non-hydrogen) atoms. The van der Waals surface area contributed by atoms with Crippen LogP contribution in [0.3, 0.4) is 0 Å². The lowest BCUT2D eigenvalue weighted by molar-refractivity contribution is -0.146. The van der Waals surface area contributed by atoms with Crippen LogP contribution in [0, 0.1) is 5.92 Å². The van der Waals surface area contributed by atoms with Gasteiger partial charge in [0.1, 0.15) is 43.2 Å². The number of alkyl halides is 1. The van der Waals surface area contributed by atoms with Crippen LogP contribution in [0.25, 0.3) is 0 Å². The third-order valence-corrected chi connectivity index (χ3v) is 7.36. The Morgan fingerprint density at radius 1 is 1.18 bits per heavy atom.